The van der Waals surface area contributed by atoms with Crippen molar-refractivity contribution in [2.24, 2.45) is 5.92 Å². The van der Waals surface area contributed by atoms with E-state index in [1.807, 2.05) is 36.4 Å². The fourth-order valence-electron chi connectivity index (χ4n) is 2.91. The molecule has 2 aromatic rings. The summed E-state index contributed by atoms with van der Waals surface area (Å²) >= 11 is 0. The van der Waals surface area contributed by atoms with Crippen LogP contribution in [0.25, 0.3) is 0 Å². The van der Waals surface area contributed by atoms with Crippen molar-refractivity contribution in [1.29, 1.82) is 0 Å². The average molecular weight is 339 g/mol. The number of benzene rings is 1. The average Bonchev–Trinajstić information content (AvgIpc) is 3.01. The highest BCUT2D eigenvalue weighted by Gasteiger charge is 2.34. The van der Waals surface area contributed by atoms with Crippen LogP contribution in [0.15, 0.2) is 48.7 Å². The number of nitrogens with zero attached hydrogens (tertiary/aromatic N) is 2. The van der Waals surface area contributed by atoms with Crippen molar-refractivity contribution in [2.75, 3.05) is 13.7 Å². The van der Waals surface area contributed by atoms with E-state index in [-0.39, 0.29) is 24.2 Å². The minimum atomic E-state index is -0.306. The smallest absolute Gasteiger partial charge is 0.225 e. The first-order chi connectivity index (χ1) is 12.2. The van der Waals surface area contributed by atoms with Gasteiger partial charge in [-0.15, -0.1) is 0 Å². The fraction of sp³-hybridized carbons (Fsp3) is 0.316. The number of likely N-dealkylation sites (tertiary alicyclic amines) is 1. The van der Waals surface area contributed by atoms with E-state index >= 15 is 0 Å². The van der Waals surface area contributed by atoms with Gasteiger partial charge in [0, 0.05) is 38.3 Å². The molecule has 1 fully saturated rings. The van der Waals surface area contributed by atoms with Gasteiger partial charge in [-0.2, -0.15) is 0 Å². The molecule has 3 rings (SSSR count). The van der Waals surface area contributed by atoms with Crippen LogP contribution in [0.3, 0.4) is 0 Å². The van der Waals surface area contributed by atoms with Crippen molar-refractivity contribution in [2.45, 2.75) is 19.5 Å². The molecule has 0 spiro atoms. The maximum absolute atomic E-state index is 12.4. The van der Waals surface area contributed by atoms with Gasteiger partial charge in [0.2, 0.25) is 17.7 Å². The number of pyridine rings is 1. The third kappa shape index (κ3) is 4.35. The Labute approximate surface area is 146 Å². The summed E-state index contributed by atoms with van der Waals surface area (Å²) < 4.78 is 5.07. The van der Waals surface area contributed by atoms with E-state index in [2.05, 4.69) is 10.3 Å². The Balaban J connectivity index is 1.53. The van der Waals surface area contributed by atoms with E-state index in [9.17, 15) is 9.59 Å². The minimum absolute atomic E-state index is 0.0228. The van der Waals surface area contributed by atoms with E-state index in [0.717, 1.165) is 11.1 Å². The summed E-state index contributed by atoms with van der Waals surface area (Å²) in [5.74, 6) is 0.131. The van der Waals surface area contributed by atoms with E-state index in [1.165, 1.54) is 0 Å². The maximum Gasteiger partial charge on any atom is 0.225 e. The molecule has 1 N–H and O–H groups in total. The molecule has 2 amide bonds. The lowest BCUT2D eigenvalue weighted by molar-refractivity contribution is -0.129. The maximum atomic E-state index is 12.4. The topological polar surface area (TPSA) is 71.5 Å². The molecule has 1 atom stereocenters. The van der Waals surface area contributed by atoms with Crippen molar-refractivity contribution < 1.29 is 14.3 Å². The van der Waals surface area contributed by atoms with Gasteiger partial charge in [-0.25, -0.2) is 4.98 Å². The Kier molecular flexibility index (Phi) is 5.28. The molecule has 1 aromatic heterocycles. The van der Waals surface area contributed by atoms with Crippen molar-refractivity contribution in [1.82, 2.24) is 15.2 Å². The molecule has 2 heterocycles. The third-order valence-electron chi connectivity index (χ3n) is 4.28. The summed E-state index contributed by atoms with van der Waals surface area (Å²) in [6, 6.07) is 13.4. The fourth-order valence-corrected chi connectivity index (χ4v) is 2.91. The van der Waals surface area contributed by atoms with Gasteiger partial charge in [0.25, 0.3) is 0 Å². The first-order valence-corrected chi connectivity index (χ1v) is 8.24. The molecule has 1 saturated heterocycles. The number of hydrogen-bond acceptors (Lipinski definition) is 4. The van der Waals surface area contributed by atoms with Crippen LogP contribution in [0.1, 0.15) is 17.5 Å². The Hall–Kier alpha value is -2.89. The SMILES string of the molecule is COc1cc(CNC(=O)C2CC(=O)N(Cc3ccccc3)C2)ccn1. The summed E-state index contributed by atoms with van der Waals surface area (Å²) in [7, 11) is 1.55. The van der Waals surface area contributed by atoms with E-state index in [0.29, 0.717) is 25.5 Å². The first-order valence-electron chi connectivity index (χ1n) is 8.24. The summed E-state index contributed by atoms with van der Waals surface area (Å²) in [5, 5.41) is 2.90. The second-order valence-electron chi connectivity index (χ2n) is 6.09. The van der Waals surface area contributed by atoms with Crippen LogP contribution in [0.5, 0.6) is 5.88 Å². The zero-order valence-electron chi connectivity index (χ0n) is 14.1. The summed E-state index contributed by atoms with van der Waals surface area (Å²) in [5.41, 5.74) is 1.98. The van der Waals surface area contributed by atoms with Crippen LogP contribution in [-0.4, -0.2) is 35.4 Å². The molecule has 1 aliphatic rings. The Morgan fingerprint density at radius 1 is 1.28 bits per heavy atom. The molecule has 130 valence electrons. The molecule has 25 heavy (non-hydrogen) atoms. The Bertz CT molecular complexity index is 749. The predicted octanol–water partition coefficient (Wildman–Crippen LogP) is 1.76. The zero-order chi connectivity index (χ0) is 17.6. The number of carbonyl (C=O) groups excluding carboxylic acids is 2. The quantitative estimate of drug-likeness (QED) is 0.870. The number of amides is 2. The van der Waals surface area contributed by atoms with Gasteiger partial charge in [0.05, 0.1) is 13.0 Å². The van der Waals surface area contributed by atoms with Crippen LogP contribution >= 0.6 is 0 Å². The molecule has 0 saturated carbocycles. The normalized spacial score (nSPS) is 16.8. The lowest BCUT2D eigenvalue weighted by Crippen LogP contribution is -2.32. The Morgan fingerprint density at radius 2 is 2.08 bits per heavy atom. The largest absolute Gasteiger partial charge is 0.481 e. The van der Waals surface area contributed by atoms with E-state index in [1.54, 1.807) is 24.3 Å². The summed E-state index contributed by atoms with van der Waals surface area (Å²) in [4.78, 5) is 30.3. The van der Waals surface area contributed by atoms with Gasteiger partial charge in [0.1, 0.15) is 0 Å². The van der Waals surface area contributed by atoms with E-state index < -0.39 is 0 Å². The second kappa shape index (κ2) is 7.79. The number of ether oxygens (including phenoxy) is 1. The van der Waals surface area contributed by atoms with Gasteiger partial charge in [-0.3, -0.25) is 9.59 Å². The predicted molar refractivity (Wildman–Crippen MR) is 92.6 cm³/mol. The van der Waals surface area contributed by atoms with Gasteiger partial charge in [-0.1, -0.05) is 30.3 Å². The third-order valence-corrected chi connectivity index (χ3v) is 4.28. The number of nitrogens with one attached hydrogen (secondary N) is 1. The lowest BCUT2D eigenvalue weighted by Gasteiger charge is -2.16. The molecule has 0 radical (unpaired) electrons. The molecule has 1 aromatic carbocycles. The molecule has 6 heteroatoms. The van der Waals surface area contributed by atoms with Crippen LogP contribution in [0.2, 0.25) is 0 Å². The highest BCUT2D eigenvalue weighted by molar-refractivity contribution is 5.89. The van der Waals surface area contributed by atoms with Crippen LogP contribution in [-0.2, 0) is 22.7 Å². The van der Waals surface area contributed by atoms with Crippen LogP contribution < -0.4 is 10.1 Å². The standard InChI is InChI=1S/C19H21N3O3/c1-25-17-9-15(7-8-20-17)11-21-19(24)16-10-18(23)22(13-16)12-14-5-3-2-4-6-14/h2-9,16H,10-13H2,1H3,(H,21,24). The minimum Gasteiger partial charge on any atom is -0.481 e. The number of hydrogen-bond donors (Lipinski definition) is 1. The highest BCUT2D eigenvalue weighted by atomic mass is 16.5. The monoisotopic (exact) mass is 339 g/mol. The molecule has 0 aliphatic carbocycles. The van der Waals surface area contributed by atoms with Crippen LogP contribution in [0.4, 0.5) is 0 Å². The van der Waals surface area contributed by atoms with Crippen molar-refractivity contribution in [3.63, 3.8) is 0 Å². The molecule has 1 aliphatic heterocycles. The van der Waals surface area contributed by atoms with Gasteiger partial charge in [0.15, 0.2) is 0 Å². The van der Waals surface area contributed by atoms with Gasteiger partial charge in [-0.05, 0) is 17.2 Å². The number of methoxy groups -OCH3 is 1. The van der Waals surface area contributed by atoms with Crippen LogP contribution in [0, 0.1) is 5.92 Å². The van der Waals surface area contributed by atoms with Gasteiger partial charge >= 0.3 is 0 Å². The number of rotatable bonds is 6. The second-order valence-corrected chi connectivity index (χ2v) is 6.09. The van der Waals surface area contributed by atoms with Crippen molar-refractivity contribution >= 4 is 11.8 Å². The Morgan fingerprint density at radius 3 is 2.84 bits per heavy atom. The first kappa shape index (κ1) is 17.0. The van der Waals surface area contributed by atoms with Gasteiger partial charge < -0.3 is 15.0 Å². The molecule has 6 nitrogen and oxygen atoms in total. The summed E-state index contributed by atoms with van der Waals surface area (Å²) in [6.45, 7) is 1.39. The van der Waals surface area contributed by atoms with Crippen molar-refractivity contribution in [3.8, 4) is 5.88 Å². The van der Waals surface area contributed by atoms with E-state index in [4.69, 9.17) is 4.74 Å². The lowest BCUT2D eigenvalue weighted by atomic mass is 10.1. The number of aromatic nitrogens is 1. The highest BCUT2D eigenvalue weighted by Crippen LogP contribution is 2.20. The zero-order valence-corrected chi connectivity index (χ0v) is 14.1. The van der Waals surface area contributed by atoms with Crippen molar-refractivity contribution in [3.05, 3.63) is 59.8 Å². The molecule has 1 unspecified atom stereocenters. The molecular formula is C19H21N3O3. The number of carbonyl (C=O) groups is 2. The summed E-state index contributed by atoms with van der Waals surface area (Å²) in [6.07, 6.45) is 1.90. The molecular weight excluding hydrogens is 318 g/mol. The molecule has 0 bridgehead atoms.